The number of fused-ring (bicyclic) bond motifs is 1. The quantitative estimate of drug-likeness (QED) is 0.451. The highest BCUT2D eigenvalue weighted by Gasteiger charge is 2.15. The Kier molecular flexibility index (Phi) is 6.26. The Hall–Kier alpha value is -3.36. The number of rotatable bonds is 6. The first-order valence-corrected chi connectivity index (χ1v) is 11.7. The van der Waals surface area contributed by atoms with Crippen LogP contribution in [-0.2, 0) is 6.54 Å². The molecule has 1 fully saturated rings. The minimum atomic E-state index is -0.455. The smallest absolute Gasteiger partial charge is 0.229 e. The number of piperazine rings is 1. The fourth-order valence-corrected chi connectivity index (χ4v) is 4.36. The van der Waals surface area contributed by atoms with Crippen LogP contribution in [0, 0.1) is 5.82 Å². The molecule has 0 aliphatic carbocycles. The molecule has 34 heavy (non-hydrogen) atoms. The number of anilines is 2. The molecule has 0 unspecified atom stereocenters. The van der Waals surface area contributed by atoms with Crippen LogP contribution in [0.1, 0.15) is 25.5 Å². The number of likely N-dealkylation sites (N-methyl/N-ethyl adjacent to an activating group) is 1. The topological polar surface area (TPSA) is 62.1 Å². The predicted octanol–water partition coefficient (Wildman–Crippen LogP) is 4.70. The molecule has 1 aliphatic rings. The third kappa shape index (κ3) is 4.78. The highest BCUT2D eigenvalue weighted by Crippen LogP contribution is 2.28. The van der Waals surface area contributed by atoms with Crippen LogP contribution in [0.15, 0.2) is 55.0 Å². The van der Waals surface area contributed by atoms with Crippen LogP contribution in [0.3, 0.4) is 0 Å². The van der Waals surface area contributed by atoms with E-state index in [0.717, 1.165) is 49.2 Å². The minimum Gasteiger partial charge on any atom is -0.345 e. The zero-order valence-corrected chi connectivity index (χ0v) is 19.9. The van der Waals surface area contributed by atoms with E-state index in [-0.39, 0.29) is 5.69 Å². The van der Waals surface area contributed by atoms with Gasteiger partial charge in [-0.3, -0.25) is 4.90 Å². The van der Waals surface area contributed by atoms with E-state index in [1.165, 1.54) is 6.20 Å². The first-order chi connectivity index (χ1) is 16.5. The van der Waals surface area contributed by atoms with Gasteiger partial charge >= 0.3 is 0 Å². The summed E-state index contributed by atoms with van der Waals surface area (Å²) in [6.45, 7) is 9.49. The van der Waals surface area contributed by atoms with Crippen molar-refractivity contribution in [1.82, 2.24) is 29.3 Å². The van der Waals surface area contributed by atoms with Crippen molar-refractivity contribution in [2.24, 2.45) is 0 Å². The lowest BCUT2D eigenvalue weighted by atomic mass is 10.1. The van der Waals surface area contributed by atoms with Crippen molar-refractivity contribution in [1.29, 1.82) is 0 Å². The van der Waals surface area contributed by atoms with Gasteiger partial charge in [-0.15, -0.1) is 0 Å². The van der Waals surface area contributed by atoms with Crippen LogP contribution in [-0.4, -0.2) is 62.5 Å². The van der Waals surface area contributed by atoms with Gasteiger partial charge in [0.2, 0.25) is 5.95 Å². The van der Waals surface area contributed by atoms with E-state index < -0.39 is 5.82 Å². The Bertz CT molecular complexity index is 1270. The van der Waals surface area contributed by atoms with Gasteiger partial charge in [-0.25, -0.2) is 19.3 Å². The van der Waals surface area contributed by atoms with Crippen LogP contribution < -0.4 is 5.32 Å². The average Bonchev–Trinajstić information content (AvgIpc) is 3.27. The van der Waals surface area contributed by atoms with Gasteiger partial charge in [-0.2, -0.15) is 0 Å². The molecule has 4 aromatic rings. The van der Waals surface area contributed by atoms with Crippen LogP contribution in [0.4, 0.5) is 16.2 Å². The Morgan fingerprint density at radius 3 is 2.56 bits per heavy atom. The van der Waals surface area contributed by atoms with Gasteiger partial charge in [0.1, 0.15) is 11.5 Å². The largest absolute Gasteiger partial charge is 0.345 e. The normalized spacial score (nSPS) is 15.3. The van der Waals surface area contributed by atoms with E-state index in [1.807, 2.05) is 36.5 Å². The van der Waals surface area contributed by atoms with Crippen molar-refractivity contribution in [2.45, 2.75) is 26.4 Å². The molecular formula is C26H30FN7. The molecule has 7 nitrogen and oxygen atoms in total. The fourth-order valence-electron chi connectivity index (χ4n) is 4.36. The lowest BCUT2D eigenvalue weighted by molar-refractivity contribution is 0.148. The Balaban J connectivity index is 1.31. The Morgan fingerprint density at radius 2 is 1.82 bits per heavy atom. The maximum absolute atomic E-state index is 14.6. The maximum atomic E-state index is 14.6. The summed E-state index contributed by atoms with van der Waals surface area (Å²) in [6, 6.07) is 12.3. The molecule has 0 amide bonds. The van der Waals surface area contributed by atoms with Crippen molar-refractivity contribution >= 4 is 22.7 Å². The van der Waals surface area contributed by atoms with Crippen molar-refractivity contribution in [3.05, 3.63) is 66.4 Å². The summed E-state index contributed by atoms with van der Waals surface area (Å²) < 4.78 is 16.8. The summed E-state index contributed by atoms with van der Waals surface area (Å²) in [6.07, 6.45) is 5.13. The summed E-state index contributed by atoms with van der Waals surface area (Å²) in [5.41, 5.74) is 3.26. The van der Waals surface area contributed by atoms with Crippen molar-refractivity contribution in [3.8, 4) is 11.3 Å². The van der Waals surface area contributed by atoms with E-state index in [1.54, 1.807) is 0 Å². The molecule has 4 heterocycles. The fraction of sp³-hybridized carbons (Fsp3) is 0.346. The van der Waals surface area contributed by atoms with Gasteiger partial charge < -0.3 is 14.8 Å². The second-order valence-electron chi connectivity index (χ2n) is 9.24. The number of aromatic nitrogens is 4. The monoisotopic (exact) mass is 459 g/mol. The lowest BCUT2D eigenvalue weighted by Crippen LogP contribution is -2.43. The molecule has 1 N–H and O–H groups in total. The first kappa shape index (κ1) is 22.4. The van der Waals surface area contributed by atoms with Crippen LogP contribution >= 0.6 is 0 Å². The molecule has 1 aliphatic heterocycles. The van der Waals surface area contributed by atoms with Gasteiger partial charge in [0.05, 0.1) is 6.20 Å². The number of halogens is 1. The molecule has 3 aromatic heterocycles. The van der Waals surface area contributed by atoms with Crippen LogP contribution in [0.2, 0.25) is 0 Å². The van der Waals surface area contributed by atoms with E-state index in [4.69, 9.17) is 0 Å². The number of nitrogens with zero attached hydrogens (tertiary/aromatic N) is 6. The summed E-state index contributed by atoms with van der Waals surface area (Å²) in [7, 11) is 2.16. The number of hydrogen-bond acceptors (Lipinski definition) is 6. The second-order valence-corrected chi connectivity index (χ2v) is 9.24. The number of pyridine rings is 1. The third-order valence-electron chi connectivity index (χ3n) is 6.36. The molecular weight excluding hydrogens is 429 g/mol. The summed E-state index contributed by atoms with van der Waals surface area (Å²) >= 11 is 0. The van der Waals surface area contributed by atoms with Gasteiger partial charge in [0.15, 0.2) is 5.82 Å². The third-order valence-corrected chi connectivity index (χ3v) is 6.36. The average molecular weight is 460 g/mol. The van der Waals surface area contributed by atoms with Gasteiger partial charge in [0, 0.05) is 67.6 Å². The molecule has 8 heteroatoms. The van der Waals surface area contributed by atoms with Crippen molar-refractivity contribution in [2.75, 3.05) is 38.5 Å². The number of benzene rings is 1. The predicted molar refractivity (Wildman–Crippen MR) is 134 cm³/mol. The molecule has 5 rings (SSSR count). The summed E-state index contributed by atoms with van der Waals surface area (Å²) in [5.74, 6) is 0.489. The standard InChI is InChI=1S/C26H30FN7/c1-18(2)34-9-8-20-14-21(5-6-23(20)34)25-22(27)16-29-26(31-25)30-24-7-4-19(15-28-24)17-33-12-10-32(3)11-13-33/h4-9,14-16,18H,10-13,17H2,1-3H3,(H,28,29,30,31). The van der Waals surface area contributed by atoms with E-state index in [9.17, 15) is 4.39 Å². The molecule has 0 saturated carbocycles. The highest BCUT2D eigenvalue weighted by atomic mass is 19.1. The molecule has 0 spiro atoms. The number of nitrogens with one attached hydrogen (secondary N) is 1. The molecule has 0 atom stereocenters. The molecule has 176 valence electrons. The first-order valence-electron chi connectivity index (χ1n) is 11.7. The van der Waals surface area contributed by atoms with Gasteiger partial charge in [-0.05, 0) is 50.7 Å². The second kappa shape index (κ2) is 9.48. The number of hydrogen-bond donors (Lipinski definition) is 1. The SMILES string of the molecule is CC(C)n1ccc2cc(-c3nc(Nc4ccc(CN5CCN(C)CC5)cn4)ncc3F)ccc21. The molecule has 0 radical (unpaired) electrons. The zero-order valence-electron chi connectivity index (χ0n) is 19.9. The lowest BCUT2D eigenvalue weighted by Gasteiger charge is -2.32. The van der Waals surface area contributed by atoms with Gasteiger partial charge in [-0.1, -0.05) is 12.1 Å². The van der Waals surface area contributed by atoms with Crippen molar-refractivity contribution in [3.63, 3.8) is 0 Å². The zero-order chi connectivity index (χ0) is 23.7. The van der Waals surface area contributed by atoms with E-state index >= 15 is 0 Å². The highest BCUT2D eigenvalue weighted by molar-refractivity contribution is 5.85. The van der Waals surface area contributed by atoms with Crippen molar-refractivity contribution < 1.29 is 4.39 Å². The summed E-state index contributed by atoms with van der Waals surface area (Å²) in [4.78, 5) is 17.9. The van der Waals surface area contributed by atoms with Crippen LogP contribution in [0.5, 0.6) is 0 Å². The van der Waals surface area contributed by atoms with Gasteiger partial charge in [0.25, 0.3) is 0 Å². The minimum absolute atomic E-state index is 0.267. The molecule has 1 aromatic carbocycles. The summed E-state index contributed by atoms with van der Waals surface area (Å²) in [5, 5.41) is 4.16. The van der Waals surface area contributed by atoms with E-state index in [0.29, 0.717) is 23.4 Å². The molecule has 0 bridgehead atoms. The van der Waals surface area contributed by atoms with Crippen LogP contribution in [0.25, 0.3) is 22.2 Å². The Morgan fingerprint density at radius 1 is 1.00 bits per heavy atom. The van der Waals surface area contributed by atoms with E-state index in [2.05, 4.69) is 67.8 Å². The molecule has 1 saturated heterocycles. The maximum Gasteiger partial charge on any atom is 0.229 e. The Labute approximate surface area is 199 Å².